The van der Waals surface area contributed by atoms with Gasteiger partial charge < -0.3 is 10.1 Å². The molecule has 1 N–H and O–H groups in total. The van der Waals surface area contributed by atoms with Crippen molar-refractivity contribution in [3.63, 3.8) is 0 Å². The zero-order chi connectivity index (χ0) is 15.9. The summed E-state index contributed by atoms with van der Waals surface area (Å²) in [6.07, 6.45) is 0.368. The van der Waals surface area contributed by atoms with Crippen LogP contribution in [0.3, 0.4) is 0 Å². The third-order valence-electron chi connectivity index (χ3n) is 2.52. The molecule has 112 valence electrons. The smallest absolute Gasteiger partial charge is 0.329 e. The van der Waals surface area contributed by atoms with Gasteiger partial charge in [-0.25, -0.2) is 4.79 Å². The monoisotopic (exact) mass is 287 g/mol. The van der Waals surface area contributed by atoms with Gasteiger partial charge in [-0.15, -0.1) is 0 Å². The molecule has 1 aromatic rings. The Labute approximate surface area is 125 Å². The van der Waals surface area contributed by atoms with Crippen molar-refractivity contribution >= 4 is 11.9 Å². The summed E-state index contributed by atoms with van der Waals surface area (Å²) in [4.78, 5) is 23.8. The SMILES string of the molecule is CC#CC(=O)N[C@H](Cc1ccccc1)C(=O)OC(C)(C)C. The van der Waals surface area contributed by atoms with Gasteiger partial charge in [-0.05, 0) is 39.2 Å². The molecule has 0 heterocycles. The maximum Gasteiger partial charge on any atom is 0.329 e. The summed E-state index contributed by atoms with van der Waals surface area (Å²) >= 11 is 0. The van der Waals surface area contributed by atoms with Gasteiger partial charge in [0.1, 0.15) is 11.6 Å². The number of rotatable bonds is 4. The number of amides is 1. The van der Waals surface area contributed by atoms with Gasteiger partial charge in [0.2, 0.25) is 0 Å². The van der Waals surface area contributed by atoms with Crippen LogP contribution in [0.5, 0.6) is 0 Å². The molecule has 0 aromatic heterocycles. The Morgan fingerprint density at radius 3 is 2.38 bits per heavy atom. The van der Waals surface area contributed by atoms with Gasteiger partial charge in [0.15, 0.2) is 0 Å². The van der Waals surface area contributed by atoms with Gasteiger partial charge >= 0.3 is 5.97 Å². The normalized spacial score (nSPS) is 11.8. The van der Waals surface area contributed by atoms with Crippen LogP contribution in [0.2, 0.25) is 0 Å². The second-order valence-electron chi connectivity index (χ2n) is 5.62. The highest BCUT2D eigenvalue weighted by molar-refractivity contribution is 5.96. The number of carbonyl (C=O) groups excluding carboxylic acids is 2. The number of hydrogen-bond acceptors (Lipinski definition) is 3. The van der Waals surface area contributed by atoms with Gasteiger partial charge in [0.05, 0.1) is 0 Å². The van der Waals surface area contributed by atoms with E-state index in [0.717, 1.165) is 5.56 Å². The number of benzene rings is 1. The summed E-state index contributed by atoms with van der Waals surface area (Å²) in [6.45, 7) is 6.94. The molecule has 4 nitrogen and oxygen atoms in total. The molecule has 0 fully saturated rings. The predicted molar refractivity (Wildman–Crippen MR) is 81.4 cm³/mol. The number of esters is 1. The number of carbonyl (C=O) groups is 2. The summed E-state index contributed by atoms with van der Waals surface area (Å²) in [5.41, 5.74) is 0.339. The molecule has 1 aromatic carbocycles. The van der Waals surface area contributed by atoms with Gasteiger partial charge in [0, 0.05) is 6.42 Å². The maximum atomic E-state index is 12.2. The summed E-state index contributed by atoms with van der Waals surface area (Å²) in [6, 6.07) is 8.71. The third kappa shape index (κ3) is 6.62. The molecule has 0 radical (unpaired) electrons. The molecule has 0 aliphatic carbocycles. The van der Waals surface area contributed by atoms with E-state index in [9.17, 15) is 9.59 Å². The van der Waals surface area contributed by atoms with E-state index in [-0.39, 0.29) is 0 Å². The molecule has 0 saturated heterocycles. The average Bonchev–Trinajstić information content (AvgIpc) is 2.37. The molecule has 0 saturated carbocycles. The van der Waals surface area contributed by atoms with Crippen LogP contribution in [-0.2, 0) is 20.7 Å². The molecular formula is C17H21NO3. The van der Waals surface area contributed by atoms with E-state index < -0.39 is 23.5 Å². The Hall–Kier alpha value is -2.28. The van der Waals surface area contributed by atoms with Crippen LogP contribution in [0.1, 0.15) is 33.3 Å². The Morgan fingerprint density at radius 1 is 1.24 bits per heavy atom. The fourth-order valence-electron chi connectivity index (χ4n) is 1.72. The summed E-state index contributed by atoms with van der Waals surface area (Å²) in [5.74, 6) is 3.94. The molecule has 1 atom stereocenters. The highest BCUT2D eigenvalue weighted by Crippen LogP contribution is 2.11. The van der Waals surface area contributed by atoms with E-state index in [1.165, 1.54) is 0 Å². The average molecular weight is 287 g/mol. The molecule has 0 bridgehead atoms. The van der Waals surface area contributed by atoms with Crippen LogP contribution >= 0.6 is 0 Å². The maximum absolute atomic E-state index is 12.2. The van der Waals surface area contributed by atoms with Gasteiger partial charge in [0.25, 0.3) is 5.91 Å². The van der Waals surface area contributed by atoms with Gasteiger partial charge in [-0.3, -0.25) is 4.79 Å². The Kier molecular flexibility index (Phi) is 5.98. The highest BCUT2D eigenvalue weighted by atomic mass is 16.6. The lowest BCUT2D eigenvalue weighted by molar-refractivity contribution is -0.158. The number of ether oxygens (including phenoxy) is 1. The molecule has 0 aliphatic heterocycles. The summed E-state index contributed by atoms with van der Waals surface area (Å²) in [7, 11) is 0. The fourth-order valence-corrected chi connectivity index (χ4v) is 1.72. The standard InChI is InChI=1S/C17H21NO3/c1-5-9-15(19)18-14(16(20)21-17(2,3)4)12-13-10-7-6-8-11-13/h6-8,10-11,14H,12H2,1-4H3,(H,18,19)/t14-/m1/s1. The largest absolute Gasteiger partial charge is 0.458 e. The van der Waals surface area contributed by atoms with Crippen LogP contribution < -0.4 is 5.32 Å². The first-order chi connectivity index (χ1) is 9.81. The van der Waals surface area contributed by atoms with Crippen molar-refractivity contribution in [3.8, 4) is 11.8 Å². The Bertz CT molecular complexity index is 547. The molecule has 0 unspecified atom stereocenters. The van der Waals surface area contributed by atoms with E-state index in [1.807, 2.05) is 30.3 Å². The van der Waals surface area contributed by atoms with Crippen molar-refractivity contribution in [2.75, 3.05) is 0 Å². The van der Waals surface area contributed by atoms with Gasteiger partial charge in [-0.2, -0.15) is 0 Å². The van der Waals surface area contributed by atoms with E-state index >= 15 is 0 Å². The van der Waals surface area contributed by atoms with Crippen molar-refractivity contribution < 1.29 is 14.3 Å². The van der Waals surface area contributed by atoms with E-state index in [2.05, 4.69) is 17.2 Å². The van der Waals surface area contributed by atoms with Gasteiger partial charge in [-0.1, -0.05) is 36.3 Å². The molecule has 4 heteroatoms. The lowest BCUT2D eigenvalue weighted by Gasteiger charge is -2.24. The lowest BCUT2D eigenvalue weighted by atomic mass is 10.1. The van der Waals surface area contributed by atoms with Crippen molar-refractivity contribution in [2.45, 2.75) is 45.8 Å². The molecule has 21 heavy (non-hydrogen) atoms. The molecule has 0 spiro atoms. The van der Waals surface area contributed by atoms with Crippen LogP contribution in [0.25, 0.3) is 0 Å². The summed E-state index contributed by atoms with van der Waals surface area (Å²) in [5, 5.41) is 2.60. The minimum Gasteiger partial charge on any atom is -0.458 e. The fraction of sp³-hybridized carbons (Fsp3) is 0.412. The minimum absolute atomic E-state index is 0.368. The second kappa shape index (κ2) is 7.49. The zero-order valence-electron chi connectivity index (χ0n) is 12.9. The second-order valence-corrected chi connectivity index (χ2v) is 5.62. The minimum atomic E-state index is -0.750. The van der Waals surface area contributed by atoms with Crippen LogP contribution in [-0.4, -0.2) is 23.5 Å². The molecule has 1 amide bonds. The Balaban J connectivity index is 2.85. The number of hydrogen-bond donors (Lipinski definition) is 1. The van der Waals surface area contributed by atoms with E-state index in [0.29, 0.717) is 6.42 Å². The van der Waals surface area contributed by atoms with Crippen molar-refractivity contribution in [1.29, 1.82) is 0 Å². The first-order valence-electron chi connectivity index (χ1n) is 6.82. The van der Waals surface area contributed by atoms with E-state index in [1.54, 1.807) is 27.7 Å². The molecule has 1 rings (SSSR count). The topological polar surface area (TPSA) is 55.4 Å². The molecule has 0 aliphatic rings. The van der Waals surface area contributed by atoms with Crippen molar-refractivity contribution in [1.82, 2.24) is 5.32 Å². The van der Waals surface area contributed by atoms with Crippen LogP contribution in [0, 0.1) is 11.8 Å². The third-order valence-corrected chi connectivity index (χ3v) is 2.52. The first-order valence-corrected chi connectivity index (χ1v) is 6.82. The lowest BCUT2D eigenvalue weighted by Crippen LogP contribution is -2.45. The Morgan fingerprint density at radius 2 is 1.86 bits per heavy atom. The predicted octanol–water partition coefficient (Wildman–Crippen LogP) is 2.08. The van der Waals surface area contributed by atoms with Crippen LogP contribution in [0.4, 0.5) is 0 Å². The summed E-state index contributed by atoms with van der Waals surface area (Å²) < 4.78 is 5.35. The van der Waals surface area contributed by atoms with Crippen LogP contribution in [0.15, 0.2) is 30.3 Å². The van der Waals surface area contributed by atoms with Crippen molar-refractivity contribution in [2.24, 2.45) is 0 Å². The molecular weight excluding hydrogens is 266 g/mol. The van der Waals surface area contributed by atoms with E-state index in [4.69, 9.17) is 4.74 Å². The quantitative estimate of drug-likeness (QED) is 0.681. The number of nitrogens with one attached hydrogen (secondary N) is 1. The zero-order valence-corrected chi connectivity index (χ0v) is 12.9. The van der Waals surface area contributed by atoms with Crippen molar-refractivity contribution in [3.05, 3.63) is 35.9 Å². The highest BCUT2D eigenvalue weighted by Gasteiger charge is 2.26. The first kappa shape index (κ1) is 16.8.